The number of carboxylic acids is 1. The molecule has 19 heavy (non-hydrogen) atoms. The van der Waals surface area contributed by atoms with E-state index in [1.165, 1.54) is 0 Å². The lowest BCUT2D eigenvalue weighted by molar-refractivity contribution is 0.0686. The third kappa shape index (κ3) is 2.81. The van der Waals surface area contributed by atoms with Crippen molar-refractivity contribution in [2.75, 3.05) is 0 Å². The van der Waals surface area contributed by atoms with Crippen molar-refractivity contribution in [2.45, 2.75) is 0 Å². The summed E-state index contributed by atoms with van der Waals surface area (Å²) in [5.41, 5.74) is -0.506. The summed E-state index contributed by atoms with van der Waals surface area (Å²) in [7, 11) is 0. The van der Waals surface area contributed by atoms with Gasteiger partial charge < -0.3 is 10.2 Å². The van der Waals surface area contributed by atoms with Crippen LogP contribution in [0.2, 0.25) is 0 Å². The summed E-state index contributed by atoms with van der Waals surface area (Å²) in [4.78, 5) is 23.1. The first-order valence-electron chi connectivity index (χ1n) is 5.05. The molecule has 1 heterocycles. The van der Waals surface area contributed by atoms with Crippen LogP contribution in [0.15, 0.2) is 39.6 Å². The molecule has 7 heteroatoms. The number of pyridine rings is 1. The van der Waals surface area contributed by atoms with Gasteiger partial charge in [-0.25, -0.2) is 4.79 Å². The normalized spacial score (nSPS) is 10.4. The third-order valence-corrected chi connectivity index (χ3v) is 3.69. The van der Waals surface area contributed by atoms with E-state index in [0.29, 0.717) is 10.2 Å². The van der Waals surface area contributed by atoms with Gasteiger partial charge in [0.05, 0.1) is 5.69 Å². The number of benzene rings is 1. The third-order valence-electron chi connectivity index (χ3n) is 2.39. The smallest absolute Gasteiger partial charge is 0.353 e. The number of nitrogens with zero attached hydrogens (tertiary/aromatic N) is 1. The molecule has 0 amide bonds. The Bertz CT molecular complexity index is 726. The maximum atomic E-state index is 11.9. The second kappa shape index (κ2) is 5.33. The Balaban J connectivity index is 2.81. The van der Waals surface area contributed by atoms with Crippen molar-refractivity contribution < 1.29 is 15.0 Å². The van der Waals surface area contributed by atoms with E-state index in [-0.39, 0.29) is 11.4 Å². The van der Waals surface area contributed by atoms with Crippen LogP contribution < -0.4 is 5.56 Å². The molecular weight excluding hydrogens is 429 g/mol. The van der Waals surface area contributed by atoms with Gasteiger partial charge in [0.15, 0.2) is 0 Å². The molecule has 98 valence electrons. The average molecular weight is 436 g/mol. The van der Waals surface area contributed by atoms with E-state index >= 15 is 0 Å². The first-order chi connectivity index (χ1) is 8.90. The average Bonchev–Trinajstić information content (AvgIpc) is 2.29. The van der Waals surface area contributed by atoms with Crippen molar-refractivity contribution in [2.24, 2.45) is 0 Å². The van der Waals surface area contributed by atoms with Gasteiger partial charge in [-0.2, -0.15) is 0 Å². The molecule has 0 atom stereocenters. The highest BCUT2D eigenvalue weighted by Crippen LogP contribution is 2.24. The van der Waals surface area contributed by atoms with Crippen LogP contribution in [0.1, 0.15) is 10.5 Å². The number of rotatable bonds is 2. The minimum atomic E-state index is -1.29. The molecule has 2 N–H and O–H groups in total. The van der Waals surface area contributed by atoms with E-state index in [1.54, 1.807) is 18.2 Å². The SMILES string of the molecule is O=C(O)c1cc(O)cc(=O)n1-c1ccc(I)cc1Br. The Morgan fingerprint density at radius 3 is 2.53 bits per heavy atom. The van der Waals surface area contributed by atoms with Gasteiger partial charge in [0.25, 0.3) is 5.56 Å². The van der Waals surface area contributed by atoms with E-state index in [1.807, 2.05) is 0 Å². The number of hydrogen-bond acceptors (Lipinski definition) is 3. The molecule has 0 bridgehead atoms. The molecule has 0 saturated carbocycles. The second-order valence-corrected chi connectivity index (χ2v) is 5.77. The highest BCUT2D eigenvalue weighted by molar-refractivity contribution is 14.1. The Labute approximate surface area is 129 Å². The largest absolute Gasteiger partial charge is 0.508 e. The fourth-order valence-electron chi connectivity index (χ4n) is 1.62. The first kappa shape index (κ1) is 14.1. The minimum Gasteiger partial charge on any atom is -0.508 e. The Morgan fingerprint density at radius 1 is 1.26 bits per heavy atom. The number of carbonyl (C=O) groups is 1. The molecule has 0 saturated heterocycles. The summed E-state index contributed by atoms with van der Waals surface area (Å²) < 4.78 is 2.56. The van der Waals surface area contributed by atoms with Crippen LogP contribution in [0.5, 0.6) is 5.75 Å². The second-order valence-electron chi connectivity index (χ2n) is 3.67. The van der Waals surface area contributed by atoms with Gasteiger partial charge in [-0.15, -0.1) is 0 Å². The molecule has 0 unspecified atom stereocenters. The summed E-state index contributed by atoms with van der Waals surface area (Å²) >= 11 is 5.40. The van der Waals surface area contributed by atoms with E-state index in [2.05, 4.69) is 38.5 Å². The molecule has 0 aliphatic heterocycles. The molecule has 0 radical (unpaired) electrons. The summed E-state index contributed by atoms with van der Waals surface area (Å²) in [5, 5.41) is 18.5. The maximum Gasteiger partial charge on any atom is 0.353 e. The molecule has 0 aliphatic rings. The molecule has 0 spiro atoms. The molecule has 5 nitrogen and oxygen atoms in total. The highest BCUT2D eigenvalue weighted by atomic mass is 127. The zero-order valence-electron chi connectivity index (χ0n) is 9.30. The van der Waals surface area contributed by atoms with Gasteiger partial charge in [-0.05, 0) is 56.7 Å². The van der Waals surface area contributed by atoms with Crippen LogP contribution in [0.3, 0.4) is 0 Å². The van der Waals surface area contributed by atoms with Crippen LogP contribution in [0.25, 0.3) is 5.69 Å². The van der Waals surface area contributed by atoms with Gasteiger partial charge in [0, 0.05) is 20.2 Å². The Kier molecular flexibility index (Phi) is 3.95. The summed E-state index contributed by atoms with van der Waals surface area (Å²) in [6.45, 7) is 0. The van der Waals surface area contributed by atoms with Crippen LogP contribution >= 0.6 is 38.5 Å². The Hall–Kier alpha value is -1.35. The van der Waals surface area contributed by atoms with Gasteiger partial charge in [0.2, 0.25) is 0 Å². The van der Waals surface area contributed by atoms with Crippen molar-refractivity contribution in [1.82, 2.24) is 4.57 Å². The molecule has 2 rings (SSSR count). The predicted octanol–water partition coefficient (Wildman–Crippen LogP) is 2.61. The van der Waals surface area contributed by atoms with Crippen molar-refractivity contribution in [3.8, 4) is 11.4 Å². The molecule has 2 aromatic rings. The lowest BCUT2D eigenvalue weighted by Gasteiger charge is -2.12. The van der Waals surface area contributed by atoms with Crippen LogP contribution in [-0.4, -0.2) is 20.7 Å². The molecule has 1 aromatic heterocycles. The summed E-state index contributed by atoms with van der Waals surface area (Å²) in [6, 6.07) is 7.16. The number of aromatic hydroxyl groups is 1. The van der Waals surface area contributed by atoms with Gasteiger partial charge >= 0.3 is 5.97 Å². The Morgan fingerprint density at radius 2 is 1.95 bits per heavy atom. The number of aromatic nitrogens is 1. The molecule has 1 aromatic carbocycles. The number of carboxylic acid groups (broad SMARTS) is 1. The maximum absolute atomic E-state index is 11.9. The number of aromatic carboxylic acids is 1. The van der Waals surface area contributed by atoms with Crippen molar-refractivity contribution in [3.63, 3.8) is 0 Å². The topological polar surface area (TPSA) is 79.5 Å². The van der Waals surface area contributed by atoms with Gasteiger partial charge in [0.1, 0.15) is 11.4 Å². The molecular formula is C12H7BrINO4. The minimum absolute atomic E-state index is 0.299. The summed E-state index contributed by atoms with van der Waals surface area (Å²) in [6.07, 6.45) is 0. The quantitative estimate of drug-likeness (QED) is 0.710. The lowest BCUT2D eigenvalue weighted by Crippen LogP contribution is -2.23. The van der Waals surface area contributed by atoms with Gasteiger partial charge in [-0.1, -0.05) is 0 Å². The van der Waals surface area contributed by atoms with Crippen molar-refractivity contribution in [1.29, 1.82) is 0 Å². The van der Waals surface area contributed by atoms with Crippen LogP contribution in [0.4, 0.5) is 0 Å². The molecule has 0 aliphatic carbocycles. The first-order valence-corrected chi connectivity index (χ1v) is 6.92. The van der Waals surface area contributed by atoms with Crippen molar-refractivity contribution in [3.05, 3.63) is 54.4 Å². The van der Waals surface area contributed by atoms with Crippen LogP contribution in [0, 0.1) is 3.57 Å². The standard InChI is InChI=1S/C12H7BrINO4/c13-8-3-6(14)1-2-9(8)15-10(12(18)19)4-7(16)5-11(15)17/h1-5,16H,(H,18,19). The van der Waals surface area contributed by atoms with Gasteiger partial charge in [-0.3, -0.25) is 9.36 Å². The highest BCUT2D eigenvalue weighted by Gasteiger charge is 2.16. The summed E-state index contributed by atoms with van der Waals surface area (Å²) in [5.74, 6) is -1.67. The predicted molar refractivity (Wildman–Crippen MR) is 81.1 cm³/mol. The zero-order chi connectivity index (χ0) is 14.2. The molecule has 0 fully saturated rings. The van der Waals surface area contributed by atoms with Crippen LogP contribution in [-0.2, 0) is 0 Å². The van der Waals surface area contributed by atoms with E-state index in [4.69, 9.17) is 5.11 Å². The fourth-order valence-corrected chi connectivity index (χ4v) is 3.10. The van der Waals surface area contributed by atoms with E-state index in [9.17, 15) is 14.7 Å². The number of hydrogen-bond donors (Lipinski definition) is 2. The lowest BCUT2D eigenvalue weighted by atomic mass is 10.2. The number of halogens is 2. The van der Waals surface area contributed by atoms with E-state index < -0.39 is 11.5 Å². The van der Waals surface area contributed by atoms with E-state index in [0.717, 1.165) is 20.3 Å². The zero-order valence-corrected chi connectivity index (χ0v) is 13.0. The van der Waals surface area contributed by atoms with Crippen molar-refractivity contribution >= 4 is 44.5 Å². The monoisotopic (exact) mass is 435 g/mol. The fraction of sp³-hybridized carbons (Fsp3) is 0.